The van der Waals surface area contributed by atoms with Crippen LogP contribution < -0.4 is 0 Å². The first kappa shape index (κ1) is 23.2. The molecular formula is C25H48O2. The van der Waals surface area contributed by atoms with Gasteiger partial charge in [0.1, 0.15) is 0 Å². The van der Waals surface area contributed by atoms with Gasteiger partial charge in [0, 0.05) is 13.2 Å². The van der Waals surface area contributed by atoms with Gasteiger partial charge in [-0.25, -0.2) is 0 Å². The third-order valence-corrected chi connectivity index (χ3v) is 7.55. The summed E-state index contributed by atoms with van der Waals surface area (Å²) < 4.78 is 12.7. The zero-order valence-corrected chi connectivity index (χ0v) is 18.9. The van der Waals surface area contributed by atoms with Gasteiger partial charge >= 0.3 is 0 Å². The van der Waals surface area contributed by atoms with Crippen molar-refractivity contribution >= 4 is 0 Å². The van der Waals surface area contributed by atoms with Crippen LogP contribution in [0.2, 0.25) is 0 Å². The van der Waals surface area contributed by atoms with Gasteiger partial charge in [0.15, 0.2) is 0 Å². The second-order valence-electron chi connectivity index (χ2n) is 9.67. The van der Waals surface area contributed by atoms with Crippen molar-refractivity contribution in [3.63, 3.8) is 0 Å². The van der Waals surface area contributed by atoms with E-state index in [1.54, 1.807) is 0 Å². The summed E-state index contributed by atoms with van der Waals surface area (Å²) in [6, 6.07) is 0. The van der Waals surface area contributed by atoms with Gasteiger partial charge in [0.25, 0.3) is 0 Å². The predicted octanol–water partition coefficient (Wildman–Crippen LogP) is 7.40. The fourth-order valence-electron chi connectivity index (χ4n) is 5.22. The first-order valence-corrected chi connectivity index (χ1v) is 12.4. The minimum Gasteiger partial charge on any atom is -0.378 e. The summed E-state index contributed by atoms with van der Waals surface area (Å²) in [5.74, 6) is 3.07. The molecule has 2 aliphatic carbocycles. The molecule has 0 amide bonds. The lowest BCUT2D eigenvalue weighted by Crippen LogP contribution is -2.41. The highest BCUT2D eigenvalue weighted by atomic mass is 16.5. The van der Waals surface area contributed by atoms with Gasteiger partial charge in [-0.1, -0.05) is 79.1 Å². The number of unbranched alkanes of at least 4 members (excludes halogenated alkanes) is 4. The van der Waals surface area contributed by atoms with Crippen LogP contribution in [0.1, 0.15) is 111 Å². The lowest BCUT2D eigenvalue weighted by molar-refractivity contribution is -0.0993. The number of hydrogen-bond acceptors (Lipinski definition) is 2. The van der Waals surface area contributed by atoms with Crippen molar-refractivity contribution in [3.05, 3.63) is 0 Å². The van der Waals surface area contributed by atoms with E-state index >= 15 is 0 Å². The zero-order valence-electron chi connectivity index (χ0n) is 18.9. The molecule has 0 spiro atoms. The molecule has 2 heteroatoms. The van der Waals surface area contributed by atoms with Crippen LogP contribution in [0.3, 0.4) is 0 Å². The molecular weight excluding hydrogens is 332 g/mol. The van der Waals surface area contributed by atoms with E-state index in [9.17, 15) is 0 Å². The Bertz CT molecular complexity index is 361. The van der Waals surface area contributed by atoms with Gasteiger partial charge in [-0.15, -0.1) is 0 Å². The fourth-order valence-corrected chi connectivity index (χ4v) is 5.22. The highest BCUT2D eigenvalue weighted by Crippen LogP contribution is 2.36. The van der Waals surface area contributed by atoms with Crippen molar-refractivity contribution in [1.82, 2.24) is 0 Å². The normalized spacial score (nSPS) is 34.7. The van der Waals surface area contributed by atoms with Crippen molar-refractivity contribution in [2.45, 2.75) is 123 Å². The Kier molecular flexibility index (Phi) is 11.3. The van der Waals surface area contributed by atoms with Crippen LogP contribution in [0.4, 0.5) is 0 Å². The molecule has 0 saturated heterocycles. The monoisotopic (exact) mass is 380 g/mol. The summed E-state index contributed by atoms with van der Waals surface area (Å²) in [5, 5.41) is 0. The van der Waals surface area contributed by atoms with E-state index in [-0.39, 0.29) is 0 Å². The molecule has 2 rings (SSSR count). The zero-order chi connectivity index (χ0) is 19.5. The summed E-state index contributed by atoms with van der Waals surface area (Å²) in [6.07, 6.45) is 18.5. The van der Waals surface area contributed by atoms with Gasteiger partial charge in [0.2, 0.25) is 0 Å². The van der Waals surface area contributed by atoms with Crippen molar-refractivity contribution in [2.75, 3.05) is 13.2 Å². The lowest BCUT2D eigenvalue weighted by Gasteiger charge is -2.40. The third-order valence-electron chi connectivity index (χ3n) is 7.55. The summed E-state index contributed by atoms with van der Waals surface area (Å²) in [7, 11) is 0. The summed E-state index contributed by atoms with van der Waals surface area (Å²) >= 11 is 0. The van der Waals surface area contributed by atoms with E-state index < -0.39 is 0 Å². The maximum atomic E-state index is 6.47. The Morgan fingerprint density at radius 3 is 1.81 bits per heavy atom. The maximum Gasteiger partial charge on any atom is 0.0605 e. The summed E-state index contributed by atoms with van der Waals surface area (Å²) in [4.78, 5) is 0. The van der Waals surface area contributed by atoms with Crippen LogP contribution in [-0.4, -0.2) is 25.4 Å². The first-order valence-electron chi connectivity index (χ1n) is 12.4. The molecule has 0 aliphatic heterocycles. The van der Waals surface area contributed by atoms with Crippen LogP contribution in [0.5, 0.6) is 0 Å². The predicted molar refractivity (Wildman–Crippen MR) is 116 cm³/mol. The van der Waals surface area contributed by atoms with E-state index in [1.165, 1.54) is 83.5 Å². The molecule has 0 aromatic rings. The van der Waals surface area contributed by atoms with E-state index in [0.29, 0.717) is 24.0 Å². The molecule has 0 heterocycles. The van der Waals surface area contributed by atoms with E-state index in [1.807, 2.05) is 0 Å². The molecule has 4 unspecified atom stereocenters. The molecule has 4 atom stereocenters. The van der Waals surface area contributed by atoms with Crippen LogP contribution in [0, 0.1) is 23.7 Å². The molecule has 0 radical (unpaired) electrons. The molecule has 2 saturated carbocycles. The van der Waals surface area contributed by atoms with Crippen molar-refractivity contribution < 1.29 is 9.47 Å². The number of hydrogen-bond donors (Lipinski definition) is 0. The summed E-state index contributed by atoms with van der Waals surface area (Å²) in [6.45, 7) is 11.3. The van der Waals surface area contributed by atoms with Crippen LogP contribution >= 0.6 is 0 Å². The Morgan fingerprint density at radius 2 is 1.19 bits per heavy atom. The van der Waals surface area contributed by atoms with Crippen molar-refractivity contribution in [3.8, 4) is 0 Å². The summed E-state index contributed by atoms with van der Waals surface area (Å²) in [5.41, 5.74) is 0. The van der Waals surface area contributed by atoms with Gasteiger partial charge < -0.3 is 9.47 Å². The molecule has 2 aliphatic rings. The Hall–Kier alpha value is -0.0800. The van der Waals surface area contributed by atoms with Crippen LogP contribution in [-0.2, 0) is 9.47 Å². The third kappa shape index (κ3) is 8.05. The second kappa shape index (κ2) is 13.2. The topological polar surface area (TPSA) is 18.5 Å². The molecule has 27 heavy (non-hydrogen) atoms. The quantitative estimate of drug-likeness (QED) is 0.328. The maximum absolute atomic E-state index is 6.47. The number of rotatable bonds is 12. The largest absolute Gasteiger partial charge is 0.378 e. The highest BCUT2D eigenvalue weighted by Gasteiger charge is 2.35. The van der Waals surface area contributed by atoms with Gasteiger partial charge in [-0.05, 0) is 55.8 Å². The smallest absolute Gasteiger partial charge is 0.0605 e. The Labute approximate surface area is 170 Å². The number of ether oxygens (including phenoxy) is 2. The van der Waals surface area contributed by atoms with Crippen LogP contribution in [0.15, 0.2) is 0 Å². The molecule has 0 N–H and O–H groups in total. The molecule has 0 aromatic heterocycles. The first-order chi connectivity index (χ1) is 13.2. The lowest BCUT2D eigenvalue weighted by atomic mass is 9.77. The Balaban J connectivity index is 1.61. The van der Waals surface area contributed by atoms with E-state index in [4.69, 9.17) is 9.47 Å². The standard InChI is InChI=1S/C25H48O2/c1-5-7-9-11-22-12-14-23(15-13-22)19-27-25-17-16-24(20(3)21(25)4)26-18-10-8-6-2/h20-25H,5-19H2,1-4H3. The fraction of sp³-hybridized carbons (Fsp3) is 1.00. The van der Waals surface area contributed by atoms with Gasteiger partial charge in [-0.2, -0.15) is 0 Å². The molecule has 160 valence electrons. The van der Waals surface area contributed by atoms with Crippen molar-refractivity contribution in [2.24, 2.45) is 23.7 Å². The minimum atomic E-state index is 0.454. The second-order valence-corrected chi connectivity index (χ2v) is 9.67. The highest BCUT2D eigenvalue weighted by molar-refractivity contribution is 4.85. The van der Waals surface area contributed by atoms with Crippen LogP contribution in [0.25, 0.3) is 0 Å². The Morgan fingerprint density at radius 1 is 0.630 bits per heavy atom. The average Bonchev–Trinajstić information content (AvgIpc) is 2.69. The SMILES string of the molecule is CCCCCOC1CCC(OCC2CCC(CCCCC)CC2)C(C)C1C. The minimum absolute atomic E-state index is 0.454. The van der Waals surface area contributed by atoms with Gasteiger partial charge in [-0.3, -0.25) is 0 Å². The van der Waals surface area contributed by atoms with Gasteiger partial charge in [0.05, 0.1) is 12.2 Å². The molecule has 0 aromatic carbocycles. The molecule has 2 nitrogen and oxygen atoms in total. The van der Waals surface area contributed by atoms with E-state index in [2.05, 4.69) is 27.7 Å². The molecule has 2 fully saturated rings. The average molecular weight is 381 g/mol. The van der Waals surface area contributed by atoms with Crippen molar-refractivity contribution in [1.29, 1.82) is 0 Å². The molecule has 0 bridgehead atoms. The van der Waals surface area contributed by atoms with E-state index in [0.717, 1.165) is 25.0 Å².